The highest BCUT2D eigenvalue weighted by Gasteiger charge is 2.39. The summed E-state index contributed by atoms with van der Waals surface area (Å²) in [6.45, 7) is 0.531. The number of rotatable bonds is 5. The second-order valence-electron chi connectivity index (χ2n) is 2.92. The topological polar surface area (TPSA) is 71.5 Å². The van der Waals surface area contributed by atoms with Gasteiger partial charge in [-0.25, -0.2) is 9.78 Å². The summed E-state index contributed by atoms with van der Waals surface area (Å²) >= 11 is 0.448. The molecule has 0 bridgehead atoms. The Morgan fingerprint density at radius 1 is 1.59 bits per heavy atom. The summed E-state index contributed by atoms with van der Waals surface area (Å²) in [5.74, 6) is -1.64. The second kappa shape index (κ2) is 5.32. The molecule has 0 amide bonds. The van der Waals surface area contributed by atoms with Crippen molar-refractivity contribution in [2.75, 3.05) is 25.6 Å². The second-order valence-corrected chi connectivity index (χ2v) is 3.92. The molecule has 0 atom stereocenters. The van der Waals surface area contributed by atoms with Crippen LogP contribution in [0.25, 0.3) is 0 Å². The van der Waals surface area contributed by atoms with Crippen LogP contribution in [0.5, 0.6) is 0 Å². The maximum Gasteiger partial charge on any atom is 0.435 e. The van der Waals surface area contributed by atoms with Crippen LogP contribution in [0, 0.1) is 0 Å². The molecule has 0 saturated heterocycles. The minimum absolute atomic E-state index is 0.0909. The van der Waals surface area contributed by atoms with Gasteiger partial charge in [-0.3, -0.25) is 0 Å². The molecule has 1 rings (SSSR count). The van der Waals surface area contributed by atoms with Crippen LogP contribution < -0.4 is 5.32 Å². The van der Waals surface area contributed by atoms with Gasteiger partial charge in [-0.1, -0.05) is 11.3 Å². The zero-order valence-corrected chi connectivity index (χ0v) is 9.48. The average Bonchev–Trinajstić information content (AvgIpc) is 2.62. The third-order valence-corrected chi connectivity index (χ3v) is 2.67. The molecule has 0 aromatic carbocycles. The molecule has 0 aliphatic heterocycles. The van der Waals surface area contributed by atoms with Gasteiger partial charge in [-0.2, -0.15) is 13.2 Å². The van der Waals surface area contributed by atoms with Crippen LogP contribution in [0.15, 0.2) is 0 Å². The highest BCUT2D eigenvalue weighted by Crippen LogP contribution is 2.35. The van der Waals surface area contributed by atoms with E-state index in [9.17, 15) is 18.0 Å². The number of halogens is 3. The van der Waals surface area contributed by atoms with Gasteiger partial charge in [-0.05, 0) is 0 Å². The molecule has 0 fully saturated rings. The number of carboxylic acid groups (broad SMARTS) is 1. The smallest absolute Gasteiger partial charge is 0.435 e. The average molecular weight is 270 g/mol. The Labute approximate surface area is 98.2 Å². The molecule has 9 heteroatoms. The number of hydrogen-bond donors (Lipinski definition) is 2. The Hall–Kier alpha value is -1.35. The van der Waals surface area contributed by atoms with Crippen molar-refractivity contribution in [3.05, 3.63) is 10.6 Å². The minimum atomic E-state index is -4.77. The summed E-state index contributed by atoms with van der Waals surface area (Å²) in [5.41, 5.74) is -1.38. The first-order valence-corrected chi connectivity index (χ1v) is 5.22. The van der Waals surface area contributed by atoms with Crippen LogP contribution in [0.2, 0.25) is 0 Å². The maximum atomic E-state index is 12.4. The number of hydrogen-bond acceptors (Lipinski definition) is 5. The van der Waals surface area contributed by atoms with Gasteiger partial charge in [0.25, 0.3) is 0 Å². The van der Waals surface area contributed by atoms with E-state index in [0.717, 1.165) is 0 Å². The maximum absolute atomic E-state index is 12.4. The van der Waals surface area contributed by atoms with E-state index in [1.54, 1.807) is 0 Å². The number of anilines is 1. The predicted molar refractivity (Wildman–Crippen MR) is 54.4 cm³/mol. The molecule has 0 spiro atoms. The fraction of sp³-hybridized carbons (Fsp3) is 0.500. The van der Waals surface area contributed by atoms with Crippen molar-refractivity contribution >= 4 is 22.4 Å². The van der Waals surface area contributed by atoms with Gasteiger partial charge in [0, 0.05) is 13.7 Å². The number of carboxylic acids is 1. The number of methoxy groups -OCH3 is 1. The van der Waals surface area contributed by atoms with Crippen molar-refractivity contribution in [1.29, 1.82) is 0 Å². The van der Waals surface area contributed by atoms with Gasteiger partial charge in [0.15, 0.2) is 10.8 Å². The third kappa shape index (κ3) is 3.56. The Kier molecular flexibility index (Phi) is 4.29. The van der Waals surface area contributed by atoms with Crippen molar-refractivity contribution in [2.24, 2.45) is 0 Å². The largest absolute Gasteiger partial charge is 0.477 e. The molecule has 17 heavy (non-hydrogen) atoms. The van der Waals surface area contributed by atoms with Crippen LogP contribution in [0.1, 0.15) is 15.4 Å². The van der Waals surface area contributed by atoms with E-state index in [1.165, 1.54) is 7.11 Å². The lowest BCUT2D eigenvalue weighted by Gasteiger charge is -2.02. The minimum Gasteiger partial charge on any atom is -0.477 e. The molecule has 5 nitrogen and oxygen atoms in total. The molecule has 1 aromatic heterocycles. The number of ether oxygens (including phenoxy) is 1. The van der Waals surface area contributed by atoms with E-state index >= 15 is 0 Å². The van der Waals surface area contributed by atoms with Crippen LogP contribution in [0.3, 0.4) is 0 Å². The lowest BCUT2D eigenvalue weighted by molar-refractivity contribution is -0.141. The monoisotopic (exact) mass is 270 g/mol. The zero-order chi connectivity index (χ0) is 13.1. The highest BCUT2D eigenvalue weighted by atomic mass is 32.1. The first kappa shape index (κ1) is 13.7. The Balaban J connectivity index is 2.93. The van der Waals surface area contributed by atoms with Gasteiger partial charge in [0.2, 0.25) is 0 Å². The third-order valence-electron chi connectivity index (χ3n) is 1.67. The van der Waals surface area contributed by atoms with Crippen molar-refractivity contribution in [3.63, 3.8) is 0 Å². The number of aromatic carboxylic acids is 1. The molecular weight excluding hydrogens is 261 g/mol. The Morgan fingerprint density at radius 2 is 2.24 bits per heavy atom. The molecule has 0 radical (unpaired) electrons. The van der Waals surface area contributed by atoms with E-state index < -0.39 is 22.7 Å². The first-order valence-electron chi connectivity index (χ1n) is 4.40. The summed E-state index contributed by atoms with van der Waals surface area (Å²) in [4.78, 5) is 13.0. The SMILES string of the molecule is COCCNc1nc(C(F)(F)F)c(C(=O)O)s1. The van der Waals surface area contributed by atoms with E-state index in [0.29, 0.717) is 11.3 Å². The summed E-state index contributed by atoms with van der Waals surface area (Å²) in [6.07, 6.45) is -4.77. The number of nitrogens with one attached hydrogen (secondary N) is 1. The standard InChI is InChI=1S/C8H9F3N2O3S/c1-16-3-2-12-7-13-5(8(9,10)11)4(17-7)6(14)15/h2-3H2,1H3,(H,12,13)(H,14,15). The molecule has 0 saturated carbocycles. The van der Waals surface area contributed by atoms with Crippen LogP contribution in [0.4, 0.5) is 18.3 Å². The fourth-order valence-corrected chi connectivity index (χ4v) is 1.84. The van der Waals surface area contributed by atoms with Crippen LogP contribution in [-0.4, -0.2) is 36.3 Å². The predicted octanol–water partition coefficient (Wildman–Crippen LogP) is 1.92. The Morgan fingerprint density at radius 3 is 2.65 bits per heavy atom. The number of aromatic nitrogens is 1. The molecular formula is C8H9F3N2O3S. The molecule has 2 N–H and O–H groups in total. The molecule has 0 unspecified atom stereocenters. The lowest BCUT2D eigenvalue weighted by atomic mass is 10.3. The van der Waals surface area contributed by atoms with Crippen molar-refractivity contribution < 1.29 is 27.8 Å². The van der Waals surface area contributed by atoms with E-state index in [2.05, 4.69) is 10.3 Å². The summed E-state index contributed by atoms with van der Waals surface area (Å²) < 4.78 is 42.0. The van der Waals surface area contributed by atoms with Crippen molar-refractivity contribution in [2.45, 2.75) is 6.18 Å². The molecule has 96 valence electrons. The van der Waals surface area contributed by atoms with Crippen molar-refractivity contribution in [3.8, 4) is 0 Å². The number of alkyl halides is 3. The van der Waals surface area contributed by atoms with Gasteiger partial charge in [0.05, 0.1) is 6.61 Å². The van der Waals surface area contributed by atoms with Gasteiger partial charge in [0.1, 0.15) is 4.88 Å². The van der Waals surface area contributed by atoms with E-state index in [4.69, 9.17) is 9.84 Å². The van der Waals surface area contributed by atoms with Gasteiger partial charge < -0.3 is 15.2 Å². The Bertz CT molecular complexity index is 405. The fourth-order valence-electron chi connectivity index (χ4n) is 0.993. The molecule has 0 aliphatic carbocycles. The quantitative estimate of drug-likeness (QED) is 0.800. The van der Waals surface area contributed by atoms with E-state index in [-0.39, 0.29) is 18.3 Å². The summed E-state index contributed by atoms with van der Waals surface area (Å²) in [5, 5.41) is 11.1. The lowest BCUT2D eigenvalue weighted by Crippen LogP contribution is -2.12. The van der Waals surface area contributed by atoms with Gasteiger partial charge >= 0.3 is 12.1 Å². The zero-order valence-electron chi connectivity index (χ0n) is 8.67. The van der Waals surface area contributed by atoms with Crippen LogP contribution in [-0.2, 0) is 10.9 Å². The highest BCUT2D eigenvalue weighted by molar-refractivity contribution is 7.17. The molecule has 0 aliphatic rings. The number of thiazole rings is 1. The molecule has 1 aromatic rings. The summed E-state index contributed by atoms with van der Waals surface area (Å²) in [7, 11) is 1.44. The van der Waals surface area contributed by atoms with E-state index in [1.807, 2.05) is 0 Å². The number of nitrogens with zero attached hydrogens (tertiary/aromatic N) is 1. The summed E-state index contributed by atoms with van der Waals surface area (Å²) in [6, 6.07) is 0. The first-order chi connectivity index (χ1) is 7.86. The molecule has 1 heterocycles. The van der Waals surface area contributed by atoms with Gasteiger partial charge in [-0.15, -0.1) is 0 Å². The van der Waals surface area contributed by atoms with Crippen molar-refractivity contribution in [1.82, 2.24) is 4.98 Å². The number of carbonyl (C=O) groups is 1. The van der Waals surface area contributed by atoms with Crippen LogP contribution >= 0.6 is 11.3 Å². The normalized spacial score (nSPS) is 11.5.